The van der Waals surface area contributed by atoms with Crippen LogP contribution in [-0.4, -0.2) is 19.5 Å². The molecule has 11 aromatic carbocycles. The molecule has 0 amide bonds. The summed E-state index contributed by atoms with van der Waals surface area (Å²) < 4.78 is 9.02. The zero-order chi connectivity index (χ0) is 41.9. The van der Waals surface area contributed by atoms with Gasteiger partial charge in [0.2, 0.25) is 0 Å². The third-order valence-corrected chi connectivity index (χ3v) is 13.2. The first kappa shape index (κ1) is 35.0. The number of benzene rings is 11. The van der Waals surface area contributed by atoms with E-state index in [1.165, 1.54) is 53.9 Å². The van der Waals surface area contributed by atoms with Crippen molar-refractivity contribution in [3.05, 3.63) is 206 Å². The van der Waals surface area contributed by atoms with Gasteiger partial charge in [-0.05, 0) is 102 Å². The SMILES string of the molecule is c1ccc2cc3c(cc2c1)c1ccccc1n3-c1ccc2oc3ccccc3c2c1-c1nc(-c2ccc3c(ccc4ccccc43)c2)nc(-c2ccc3c(ccc4ccccc43)c2)n1. The second kappa shape index (κ2) is 13.4. The Balaban J connectivity index is 1.09. The average Bonchev–Trinajstić information content (AvgIpc) is 3.90. The standard InChI is InChI=1S/C59H34N4O/c1-2-14-38-34-52-49(33-37(38)13-1)47-17-7-9-19-50(47)63(52)51-29-30-54-55(48-18-8-10-20-53(48)64-54)56(51)59-61-57(41-25-27-45-39(31-41)23-21-35-11-3-5-15-43(35)45)60-58(62-59)42-26-28-46-40(32-42)24-22-36-12-4-6-16-44(36)46/h1-34H. The number of para-hydroxylation sites is 2. The molecule has 0 aliphatic carbocycles. The van der Waals surface area contributed by atoms with E-state index in [1.807, 2.05) is 12.1 Å². The molecule has 0 aliphatic heterocycles. The first-order chi connectivity index (χ1) is 31.7. The van der Waals surface area contributed by atoms with E-state index in [2.05, 4.69) is 199 Å². The average molecular weight is 815 g/mol. The zero-order valence-electron chi connectivity index (χ0n) is 34.3. The topological polar surface area (TPSA) is 56.7 Å². The van der Waals surface area contributed by atoms with Crippen molar-refractivity contribution in [3.63, 3.8) is 0 Å². The third kappa shape index (κ3) is 5.22. The molecule has 0 saturated heterocycles. The molecule has 3 heterocycles. The van der Waals surface area contributed by atoms with E-state index in [-0.39, 0.29) is 0 Å². The number of aromatic nitrogens is 4. The molecular formula is C59H34N4O. The van der Waals surface area contributed by atoms with Gasteiger partial charge in [-0.3, -0.25) is 0 Å². The van der Waals surface area contributed by atoms with Crippen LogP contribution in [0.25, 0.3) is 137 Å². The van der Waals surface area contributed by atoms with Crippen LogP contribution in [0.15, 0.2) is 211 Å². The largest absolute Gasteiger partial charge is 0.456 e. The van der Waals surface area contributed by atoms with Gasteiger partial charge in [-0.25, -0.2) is 15.0 Å². The van der Waals surface area contributed by atoms with Gasteiger partial charge in [0.05, 0.1) is 22.3 Å². The van der Waals surface area contributed by atoms with Gasteiger partial charge in [-0.2, -0.15) is 0 Å². The highest BCUT2D eigenvalue weighted by atomic mass is 16.3. The van der Waals surface area contributed by atoms with E-state index in [9.17, 15) is 0 Å². The van der Waals surface area contributed by atoms with Crippen LogP contribution in [0.2, 0.25) is 0 Å². The number of hydrogen-bond acceptors (Lipinski definition) is 4. The Morgan fingerprint density at radius 1 is 0.312 bits per heavy atom. The van der Waals surface area contributed by atoms with E-state index in [4.69, 9.17) is 19.4 Å². The summed E-state index contributed by atoms with van der Waals surface area (Å²) in [5, 5.41) is 16.2. The molecule has 64 heavy (non-hydrogen) atoms. The molecule has 0 bridgehead atoms. The molecule has 0 spiro atoms. The van der Waals surface area contributed by atoms with Crippen LogP contribution in [0.5, 0.6) is 0 Å². The summed E-state index contributed by atoms with van der Waals surface area (Å²) in [4.78, 5) is 16.4. The summed E-state index contributed by atoms with van der Waals surface area (Å²) in [5.41, 5.74) is 7.43. The molecule has 3 aromatic heterocycles. The summed E-state index contributed by atoms with van der Waals surface area (Å²) >= 11 is 0. The fourth-order valence-corrected chi connectivity index (χ4v) is 10.2. The second-order valence-corrected chi connectivity index (χ2v) is 16.8. The predicted octanol–water partition coefficient (Wildman–Crippen LogP) is 15.6. The van der Waals surface area contributed by atoms with E-state index < -0.39 is 0 Å². The van der Waals surface area contributed by atoms with Crippen LogP contribution in [0.1, 0.15) is 0 Å². The molecule has 0 N–H and O–H groups in total. The van der Waals surface area contributed by atoms with Crippen LogP contribution in [0, 0.1) is 0 Å². The maximum atomic E-state index is 6.64. The molecule has 14 aromatic rings. The summed E-state index contributed by atoms with van der Waals surface area (Å²) in [5.74, 6) is 1.76. The van der Waals surface area contributed by atoms with Gasteiger partial charge < -0.3 is 8.98 Å². The lowest BCUT2D eigenvalue weighted by Crippen LogP contribution is -2.04. The number of fused-ring (bicyclic) bond motifs is 13. The maximum absolute atomic E-state index is 6.64. The fourth-order valence-electron chi connectivity index (χ4n) is 10.2. The van der Waals surface area contributed by atoms with Crippen molar-refractivity contribution in [3.8, 4) is 39.9 Å². The number of hydrogen-bond donors (Lipinski definition) is 0. The van der Waals surface area contributed by atoms with Crippen LogP contribution < -0.4 is 0 Å². The van der Waals surface area contributed by atoms with Gasteiger partial charge in [0.1, 0.15) is 11.2 Å². The van der Waals surface area contributed by atoms with Crippen LogP contribution in [0.4, 0.5) is 0 Å². The van der Waals surface area contributed by atoms with E-state index in [0.717, 1.165) is 66.1 Å². The van der Waals surface area contributed by atoms with Gasteiger partial charge in [0.25, 0.3) is 0 Å². The fraction of sp³-hybridized carbons (Fsp3) is 0. The molecule has 296 valence electrons. The highest BCUT2D eigenvalue weighted by molar-refractivity contribution is 6.18. The van der Waals surface area contributed by atoms with Crippen molar-refractivity contribution in [2.75, 3.05) is 0 Å². The second-order valence-electron chi connectivity index (χ2n) is 16.8. The third-order valence-electron chi connectivity index (χ3n) is 13.2. The summed E-state index contributed by atoms with van der Waals surface area (Å²) in [6.45, 7) is 0. The van der Waals surface area contributed by atoms with Gasteiger partial charge in [0.15, 0.2) is 17.5 Å². The van der Waals surface area contributed by atoms with Crippen molar-refractivity contribution in [1.82, 2.24) is 19.5 Å². The Morgan fingerprint density at radius 3 is 1.50 bits per heavy atom. The minimum Gasteiger partial charge on any atom is -0.456 e. The highest BCUT2D eigenvalue weighted by Crippen LogP contribution is 2.44. The number of nitrogens with zero attached hydrogens (tertiary/aromatic N) is 4. The molecule has 0 radical (unpaired) electrons. The highest BCUT2D eigenvalue weighted by Gasteiger charge is 2.25. The molecule has 0 aliphatic rings. The first-order valence-corrected chi connectivity index (χ1v) is 21.7. The lowest BCUT2D eigenvalue weighted by atomic mass is 9.99. The van der Waals surface area contributed by atoms with Crippen LogP contribution in [0.3, 0.4) is 0 Å². The summed E-state index contributed by atoms with van der Waals surface area (Å²) in [6.07, 6.45) is 0. The molecule has 5 nitrogen and oxygen atoms in total. The lowest BCUT2D eigenvalue weighted by Gasteiger charge is -2.16. The molecule has 0 unspecified atom stereocenters. The Morgan fingerprint density at radius 2 is 0.828 bits per heavy atom. The molecular weight excluding hydrogens is 781 g/mol. The van der Waals surface area contributed by atoms with Crippen molar-refractivity contribution in [2.24, 2.45) is 0 Å². The molecule has 5 heteroatoms. The molecule has 0 saturated carbocycles. The van der Waals surface area contributed by atoms with Gasteiger partial charge in [0, 0.05) is 32.7 Å². The normalized spacial score (nSPS) is 12.1. The van der Waals surface area contributed by atoms with Crippen molar-refractivity contribution < 1.29 is 4.42 Å². The maximum Gasteiger partial charge on any atom is 0.166 e. The summed E-state index contributed by atoms with van der Waals surface area (Å²) in [7, 11) is 0. The lowest BCUT2D eigenvalue weighted by molar-refractivity contribution is 0.669. The Kier molecular flexibility index (Phi) is 7.33. The number of furan rings is 1. The first-order valence-electron chi connectivity index (χ1n) is 21.7. The minimum absolute atomic E-state index is 0.566. The quantitative estimate of drug-likeness (QED) is 0.166. The Hall–Kier alpha value is -8.67. The molecule has 14 rings (SSSR count). The summed E-state index contributed by atoms with van der Waals surface area (Å²) in [6, 6.07) is 73.4. The van der Waals surface area contributed by atoms with Crippen LogP contribution in [-0.2, 0) is 0 Å². The van der Waals surface area contributed by atoms with E-state index in [0.29, 0.717) is 17.5 Å². The Labute approximate surface area is 366 Å². The smallest absolute Gasteiger partial charge is 0.166 e. The van der Waals surface area contributed by atoms with Crippen molar-refractivity contribution in [2.45, 2.75) is 0 Å². The monoisotopic (exact) mass is 814 g/mol. The number of rotatable bonds is 4. The molecule has 0 atom stereocenters. The van der Waals surface area contributed by atoms with E-state index in [1.54, 1.807) is 0 Å². The predicted molar refractivity (Wildman–Crippen MR) is 265 cm³/mol. The zero-order valence-corrected chi connectivity index (χ0v) is 34.3. The van der Waals surface area contributed by atoms with Gasteiger partial charge in [-0.15, -0.1) is 0 Å². The van der Waals surface area contributed by atoms with Gasteiger partial charge >= 0.3 is 0 Å². The van der Waals surface area contributed by atoms with Crippen molar-refractivity contribution >= 4 is 97.6 Å². The van der Waals surface area contributed by atoms with Crippen molar-refractivity contribution in [1.29, 1.82) is 0 Å². The van der Waals surface area contributed by atoms with Gasteiger partial charge in [-0.1, -0.05) is 158 Å². The molecule has 0 fully saturated rings. The van der Waals surface area contributed by atoms with E-state index >= 15 is 0 Å². The minimum atomic E-state index is 0.566. The Bertz CT molecular complexity index is 4140. The van der Waals surface area contributed by atoms with Crippen LogP contribution >= 0.6 is 0 Å².